The Kier molecular flexibility index (Phi) is 5.83. The number of nitrogens with one attached hydrogen (secondary N) is 1. The molecule has 0 radical (unpaired) electrons. The number of fused-ring (bicyclic) bond motifs is 1. The lowest BCUT2D eigenvalue weighted by Gasteiger charge is -2.11. The molecule has 7 nitrogen and oxygen atoms in total. The molecule has 0 atom stereocenters. The summed E-state index contributed by atoms with van der Waals surface area (Å²) in [5, 5.41) is 0.244. The Balaban J connectivity index is 1.78. The normalized spacial score (nSPS) is 12.0. The fourth-order valence-corrected chi connectivity index (χ4v) is 5.66. The molecule has 3 N–H and O–H groups in total. The van der Waals surface area contributed by atoms with Crippen LogP contribution in [0.25, 0.3) is 44.9 Å². The van der Waals surface area contributed by atoms with Crippen molar-refractivity contribution < 1.29 is 8.42 Å². The predicted molar refractivity (Wildman–Crippen MR) is 142 cm³/mol. The van der Waals surface area contributed by atoms with Crippen LogP contribution in [-0.2, 0) is 10.0 Å². The van der Waals surface area contributed by atoms with Gasteiger partial charge in [0.05, 0.1) is 43.3 Å². The lowest BCUT2D eigenvalue weighted by atomic mass is 10.0. The molecule has 0 saturated heterocycles. The van der Waals surface area contributed by atoms with E-state index in [1.807, 2.05) is 36.4 Å². The van der Waals surface area contributed by atoms with Gasteiger partial charge in [0.15, 0.2) is 0 Å². The van der Waals surface area contributed by atoms with Crippen molar-refractivity contribution in [1.29, 1.82) is 0 Å². The number of halogens is 2. The third-order valence-electron chi connectivity index (χ3n) is 5.73. The molecule has 178 valence electrons. The Morgan fingerprint density at radius 2 is 1.60 bits per heavy atom. The average Bonchev–Trinajstić information content (AvgIpc) is 3.40. The first-order valence-corrected chi connectivity index (χ1v) is 13.1. The highest BCUT2D eigenvalue weighted by Crippen LogP contribution is 2.39. The molecule has 2 aromatic heterocycles. The van der Waals surface area contributed by atoms with Gasteiger partial charge in [-0.25, -0.2) is 22.4 Å². The first kappa shape index (κ1) is 23.4. The fourth-order valence-electron chi connectivity index (χ4n) is 3.94. The molecule has 0 saturated carbocycles. The second kappa shape index (κ2) is 8.71. The number of anilines is 1. The smallest absolute Gasteiger partial charge is 0.244 e. The number of nitrogens with zero attached hydrogens (tertiary/aromatic N) is 3. The number of aromatic amines is 1. The average molecular weight is 526 g/mol. The van der Waals surface area contributed by atoms with Gasteiger partial charge in [-0.15, -0.1) is 0 Å². The molecule has 0 bridgehead atoms. The van der Waals surface area contributed by atoms with E-state index in [9.17, 15) is 8.42 Å². The Bertz CT molecular complexity index is 1660. The van der Waals surface area contributed by atoms with Crippen molar-refractivity contribution >= 4 is 50.2 Å². The molecule has 5 aromatic rings. The Labute approximate surface area is 212 Å². The first-order valence-electron chi connectivity index (χ1n) is 10.8. The summed E-state index contributed by atoms with van der Waals surface area (Å²) in [6.07, 6.45) is 0. The molecular weight excluding hydrogens is 505 g/mol. The number of nitrogen functional groups attached to an aromatic ring is 1. The van der Waals surface area contributed by atoms with Gasteiger partial charge in [0.2, 0.25) is 16.0 Å². The van der Waals surface area contributed by atoms with E-state index in [2.05, 4.69) is 9.97 Å². The molecule has 0 aliphatic carbocycles. The summed E-state index contributed by atoms with van der Waals surface area (Å²) in [5.74, 6) is 0.414. The molecule has 0 aliphatic heterocycles. The van der Waals surface area contributed by atoms with E-state index < -0.39 is 15.3 Å². The van der Waals surface area contributed by atoms with Gasteiger partial charge in [-0.2, -0.15) is 0 Å². The molecule has 0 spiro atoms. The largest absolute Gasteiger partial charge is 0.368 e. The van der Waals surface area contributed by atoms with Crippen molar-refractivity contribution in [3.8, 4) is 33.9 Å². The van der Waals surface area contributed by atoms with E-state index in [0.717, 1.165) is 15.2 Å². The summed E-state index contributed by atoms with van der Waals surface area (Å²) in [6, 6.07) is 20.3. The van der Waals surface area contributed by atoms with Gasteiger partial charge in [0.25, 0.3) is 0 Å². The van der Waals surface area contributed by atoms with Crippen LogP contribution < -0.4 is 5.73 Å². The van der Waals surface area contributed by atoms with E-state index in [1.54, 1.807) is 44.2 Å². The molecule has 0 aliphatic rings. The van der Waals surface area contributed by atoms with Crippen LogP contribution in [-0.4, -0.2) is 32.6 Å². The first-order chi connectivity index (χ1) is 16.7. The minimum absolute atomic E-state index is 0.0836. The Hall–Kier alpha value is -3.33. The number of rotatable bonds is 5. The maximum Gasteiger partial charge on any atom is 0.244 e. The lowest BCUT2D eigenvalue weighted by Crippen LogP contribution is -2.23. The standard InChI is InChI=1S/C25H21Cl2N5O2S/c1-14(2)35(33,34)32-20-13-16(11-12-19(20)29-25(32)28)23-22(15-7-4-3-5-8-15)30-24(31-23)21-17(26)9-6-10-18(21)27/h3-14H,1-2H3,(H2,28,29)(H,30,31). The zero-order chi connectivity index (χ0) is 24.9. The summed E-state index contributed by atoms with van der Waals surface area (Å²) >= 11 is 12.9. The number of nitrogens with two attached hydrogens (primary N) is 1. The molecule has 0 fully saturated rings. The minimum Gasteiger partial charge on any atom is -0.368 e. The van der Waals surface area contributed by atoms with Crippen LogP contribution >= 0.6 is 23.2 Å². The Morgan fingerprint density at radius 1 is 0.914 bits per heavy atom. The van der Waals surface area contributed by atoms with Gasteiger partial charge in [-0.1, -0.05) is 65.7 Å². The van der Waals surface area contributed by atoms with Crippen LogP contribution in [0.3, 0.4) is 0 Å². The van der Waals surface area contributed by atoms with Gasteiger partial charge in [-0.3, -0.25) is 0 Å². The monoisotopic (exact) mass is 525 g/mol. The van der Waals surface area contributed by atoms with E-state index in [1.165, 1.54) is 0 Å². The SMILES string of the molecule is CC(C)S(=O)(=O)n1c(N)nc2ccc(-c3nc(-c4c(Cl)cccc4Cl)[nH]c3-c3ccccc3)cc21. The number of H-pyrrole nitrogens is 1. The molecule has 35 heavy (non-hydrogen) atoms. The van der Waals surface area contributed by atoms with E-state index in [4.69, 9.17) is 33.9 Å². The number of imidazole rings is 2. The highest BCUT2D eigenvalue weighted by molar-refractivity contribution is 7.90. The van der Waals surface area contributed by atoms with Crippen LogP contribution in [0.15, 0.2) is 66.7 Å². The van der Waals surface area contributed by atoms with E-state index in [-0.39, 0.29) is 5.95 Å². The maximum absolute atomic E-state index is 13.0. The van der Waals surface area contributed by atoms with Gasteiger partial charge < -0.3 is 10.7 Å². The van der Waals surface area contributed by atoms with Crippen LogP contribution in [0.2, 0.25) is 10.0 Å². The molecule has 5 rings (SSSR count). The van der Waals surface area contributed by atoms with Gasteiger partial charge in [0, 0.05) is 11.1 Å². The highest BCUT2D eigenvalue weighted by atomic mass is 35.5. The third-order valence-corrected chi connectivity index (χ3v) is 8.44. The van der Waals surface area contributed by atoms with Crippen LogP contribution in [0, 0.1) is 0 Å². The zero-order valence-electron chi connectivity index (χ0n) is 18.8. The molecule has 0 amide bonds. The molecule has 10 heteroatoms. The molecule has 2 heterocycles. The maximum atomic E-state index is 13.0. The summed E-state index contributed by atoms with van der Waals surface area (Å²) in [7, 11) is -3.74. The zero-order valence-corrected chi connectivity index (χ0v) is 21.2. The minimum atomic E-state index is -3.74. The number of aromatic nitrogens is 4. The van der Waals surface area contributed by atoms with Crippen molar-refractivity contribution in [3.63, 3.8) is 0 Å². The quantitative estimate of drug-likeness (QED) is 0.282. The third kappa shape index (κ3) is 3.97. The van der Waals surface area contributed by atoms with Crippen LogP contribution in [0.1, 0.15) is 13.8 Å². The molecule has 3 aromatic carbocycles. The van der Waals surface area contributed by atoms with Crippen molar-refractivity contribution in [2.24, 2.45) is 0 Å². The number of hydrogen-bond donors (Lipinski definition) is 2. The topological polar surface area (TPSA) is 107 Å². The Morgan fingerprint density at radius 3 is 2.26 bits per heavy atom. The summed E-state index contributed by atoms with van der Waals surface area (Å²) in [4.78, 5) is 12.5. The van der Waals surface area contributed by atoms with Crippen molar-refractivity contribution in [3.05, 3.63) is 76.8 Å². The van der Waals surface area contributed by atoms with Gasteiger partial charge >= 0.3 is 0 Å². The predicted octanol–water partition coefficient (Wildman–Crippen LogP) is 6.24. The summed E-state index contributed by atoms with van der Waals surface area (Å²) in [5.41, 5.74) is 10.4. The summed E-state index contributed by atoms with van der Waals surface area (Å²) in [6.45, 7) is 3.20. The van der Waals surface area contributed by atoms with Gasteiger partial charge in [-0.05, 0) is 38.1 Å². The fraction of sp³-hybridized carbons (Fsp3) is 0.120. The summed E-state index contributed by atoms with van der Waals surface area (Å²) < 4.78 is 27.1. The van der Waals surface area contributed by atoms with E-state index in [0.29, 0.717) is 43.7 Å². The molecular formula is C25H21Cl2N5O2S. The van der Waals surface area contributed by atoms with E-state index >= 15 is 0 Å². The van der Waals surface area contributed by atoms with Crippen LogP contribution in [0.4, 0.5) is 5.95 Å². The van der Waals surface area contributed by atoms with Gasteiger partial charge in [0.1, 0.15) is 5.82 Å². The van der Waals surface area contributed by atoms with Crippen LogP contribution in [0.5, 0.6) is 0 Å². The number of benzene rings is 3. The number of hydrogen-bond acceptors (Lipinski definition) is 5. The van der Waals surface area contributed by atoms with Crippen molar-refractivity contribution in [2.45, 2.75) is 19.1 Å². The van der Waals surface area contributed by atoms with Crippen molar-refractivity contribution in [2.75, 3.05) is 5.73 Å². The second-order valence-corrected chi connectivity index (χ2v) is 11.5. The van der Waals surface area contributed by atoms with Crippen molar-refractivity contribution in [1.82, 2.24) is 18.9 Å². The second-order valence-electron chi connectivity index (χ2n) is 8.30. The molecule has 0 unspecified atom stereocenters. The highest BCUT2D eigenvalue weighted by Gasteiger charge is 2.25. The lowest BCUT2D eigenvalue weighted by molar-refractivity contribution is 0.580.